The van der Waals surface area contributed by atoms with Crippen molar-refractivity contribution in [3.05, 3.63) is 65.2 Å². The van der Waals surface area contributed by atoms with Crippen LogP contribution in [0.2, 0.25) is 0 Å². The molecule has 0 radical (unpaired) electrons. The molecule has 1 aliphatic heterocycles. The molecule has 0 aliphatic carbocycles. The van der Waals surface area contributed by atoms with Gasteiger partial charge in [-0.3, -0.25) is 9.59 Å². The van der Waals surface area contributed by atoms with Crippen molar-refractivity contribution in [2.45, 2.75) is 45.6 Å². The molecule has 32 heavy (non-hydrogen) atoms. The number of hydrogen-bond acceptors (Lipinski definition) is 5. The third kappa shape index (κ3) is 6.09. The van der Waals surface area contributed by atoms with Crippen LogP contribution in [0.4, 0.5) is 4.79 Å². The zero-order chi connectivity index (χ0) is 23.1. The molecule has 170 valence electrons. The van der Waals surface area contributed by atoms with E-state index in [0.717, 1.165) is 0 Å². The van der Waals surface area contributed by atoms with Gasteiger partial charge in [0.1, 0.15) is 5.75 Å². The predicted octanol–water partition coefficient (Wildman–Crippen LogP) is 4.38. The summed E-state index contributed by atoms with van der Waals surface area (Å²) >= 11 is 0. The Bertz CT molecular complexity index is 930. The average Bonchev–Trinajstić information content (AvgIpc) is 2.80. The molecule has 0 saturated carbocycles. The van der Waals surface area contributed by atoms with Gasteiger partial charge in [0.2, 0.25) is 0 Å². The van der Waals surface area contributed by atoms with E-state index < -0.39 is 6.16 Å². The van der Waals surface area contributed by atoms with E-state index in [4.69, 9.17) is 9.47 Å². The summed E-state index contributed by atoms with van der Waals surface area (Å²) in [5, 5.41) is 3.08. The van der Waals surface area contributed by atoms with Crippen molar-refractivity contribution in [1.82, 2.24) is 10.2 Å². The van der Waals surface area contributed by atoms with E-state index in [-0.39, 0.29) is 24.5 Å². The Morgan fingerprint density at radius 1 is 0.969 bits per heavy atom. The predicted molar refractivity (Wildman–Crippen MR) is 121 cm³/mol. The number of hydrogen-bond donors (Lipinski definition) is 1. The van der Waals surface area contributed by atoms with Gasteiger partial charge in [-0.05, 0) is 67.6 Å². The van der Waals surface area contributed by atoms with Crippen molar-refractivity contribution in [2.75, 3.05) is 19.7 Å². The summed E-state index contributed by atoms with van der Waals surface area (Å²) in [6.45, 7) is 7.30. The van der Waals surface area contributed by atoms with Gasteiger partial charge in [0.05, 0.1) is 6.61 Å². The molecule has 2 aromatic carbocycles. The normalized spacial score (nSPS) is 14.2. The van der Waals surface area contributed by atoms with Crippen LogP contribution >= 0.6 is 0 Å². The second-order valence-corrected chi connectivity index (χ2v) is 8.13. The number of amides is 2. The van der Waals surface area contributed by atoms with Gasteiger partial charge >= 0.3 is 6.16 Å². The molecule has 0 unspecified atom stereocenters. The maximum atomic E-state index is 12.8. The minimum atomic E-state index is -0.772. The number of carbonyl (C=O) groups is 3. The second-order valence-electron chi connectivity index (χ2n) is 8.13. The maximum Gasteiger partial charge on any atom is 0.513 e. The van der Waals surface area contributed by atoms with Crippen molar-refractivity contribution in [3.63, 3.8) is 0 Å². The Morgan fingerprint density at radius 3 is 2.12 bits per heavy atom. The quantitative estimate of drug-likeness (QED) is 0.534. The fraction of sp³-hybridized carbons (Fsp3) is 0.400. The van der Waals surface area contributed by atoms with E-state index in [0.29, 0.717) is 48.7 Å². The van der Waals surface area contributed by atoms with Gasteiger partial charge in [-0.15, -0.1) is 0 Å². The molecular formula is C25H30N2O5. The molecule has 2 amide bonds. The molecule has 1 aliphatic rings. The van der Waals surface area contributed by atoms with E-state index >= 15 is 0 Å². The highest BCUT2D eigenvalue weighted by Crippen LogP contribution is 2.19. The second kappa shape index (κ2) is 10.8. The van der Waals surface area contributed by atoms with E-state index in [2.05, 4.69) is 19.2 Å². The lowest BCUT2D eigenvalue weighted by Crippen LogP contribution is -2.46. The molecule has 0 bridgehead atoms. The molecule has 1 heterocycles. The van der Waals surface area contributed by atoms with E-state index in [9.17, 15) is 14.4 Å². The van der Waals surface area contributed by atoms with E-state index in [1.54, 1.807) is 36.1 Å². The van der Waals surface area contributed by atoms with Crippen LogP contribution in [-0.4, -0.2) is 48.6 Å². The zero-order valence-corrected chi connectivity index (χ0v) is 18.8. The lowest BCUT2D eigenvalue weighted by Gasteiger charge is -2.32. The van der Waals surface area contributed by atoms with Gasteiger partial charge in [0.25, 0.3) is 11.8 Å². The summed E-state index contributed by atoms with van der Waals surface area (Å²) in [5.41, 5.74) is 2.38. The molecule has 0 aromatic heterocycles. The molecule has 1 fully saturated rings. The first kappa shape index (κ1) is 23.3. The van der Waals surface area contributed by atoms with Gasteiger partial charge in [0, 0.05) is 30.3 Å². The SMILES string of the molecule is CCOC(=O)Oc1ccc(C(=O)N2CCC(NC(=O)c3ccc(C(C)C)cc3)CC2)cc1. The van der Waals surface area contributed by atoms with Crippen LogP contribution in [-0.2, 0) is 4.74 Å². The van der Waals surface area contributed by atoms with Crippen molar-refractivity contribution < 1.29 is 23.9 Å². The minimum absolute atomic E-state index is 0.0386. The van der Waals surface area contributed by atoms with Crippen molar-refractivity contribution in [1.29, 1.82) is 0 Å². The Hall–Kier alpha value is -3.35. The number of rotatable bonds is 6. The Balaban J connectivity index is 1.49. The van der Waals surface area contributed by atoms with Gasteiger partial charge in [0.15, 0.2) is 0 Å². The van der Waals surface area contributed by atoms with Crippen LogP contribution in [0.1, 0.15) is 65.8 Å². The first-order chi connectivity index (χ1) is 15.4. The molecule has 2 aromatic rings. The van der Waals surface area contributed by atoms with Crippen LogP contribution in [0.15, 0.2) is 48.5 Å². The standard InChI is InChI=1S/C25H30N2O5/c1-4-31-25(30)32-22-11-9-20(10-12-22)24(29)27-15-13-21(14-16-27)26-23(28)19-7-5-18(6-8-19)17(2)3/h5-12,17,21H,4,13-16H2,1-3H3,(H,26,28). The van der Waals surface area contributed by atoms with Gasteiger partial charge in [-0.25, -0.2) is 4.79 Å². The average molecular weight is 439 g/mol. The van der Waals surface area contributed by atoms with Gasteiger partial charge in [-0.2, -0.15) is 0 Å². The van der Waals surface area contributed by atoms with Crippen molar-refractivity contribution >= 4 is 18.0 Å². The number of nitrogens with one attached hydrogen (secondary N) is 1. The van der Waals surface area contributed by atoms with Crippen LogP contribution in [0.3, 0.4) is 0 Å². The van der Waals surface area contributed by atoms with E-state index in [1.807, 2.05) is 24.3 Å². The molecule has 1 N–H and O–H groups in total. The molecule has 7 nitrogen and oxygen atoms in total. The minimum Gasteiger partial charge on any atom is -0.434 e. The van der Waals surface area contributed by atoms with Gasteiger partial charge in [-0.1, -0.05) is 26.0 Å². The third-order valence-corrected chi connectivity index (χ3v) is 5.52. The Kier molecular flexibility index (Phi) is 7.87. The van der Waals surface area contributed by atoms with Crippen LogP contribution in [0.25, 0.3) is 0 Å². The number of likely N-dealkylation sites (tertiary alicyclic amines) is 1. The highest BCUT2D eigenvalue weighted by Gasteiger charge is 2.25. The molecular weight excluding hydrogens is 408 g/mol. The number of nitrogens with zero attached hydrogens (tertiary/aromatic N) is 1. The van der Waals surface area contributed by atoms with Crippen molar-refractivity contribution in [2.24, 2.45) is 0 Å². The number of carbonyl (C=O) groups excluding carboxylic acids is 3. The number of ether oxygens (including phenoxy) is 2. The molecule has 0 spiro atoms. The third-order valence-electron chi connectivity index (χ3n) is 5.52. The molecule has 1 saturated heterocycles. The number of piperidine rings is 1. The summed E-state index contributed by atoms with van der Waals surface area (Å²) in [6.07, 6.45) is 0.628. The van der Waals surface area contributed by atoms with Crippen LogP contribution in [0, 0.1) is 0 Å². The first-order valence-electron chi connectivity index (χ1n) is 11.0. The Morgan fingerprint density at radius 2 is 1.56 bits per heavy atom. The molecule has 0 atom stereocenters. The fourth-order valence-corrected chi connectivity index (χ4v) is 3.61. The fourth-order valence-electron chi connectivity index (χ4n) is 3.61. The molecule has 3 rings (SSSR count). The zero-order valence-electron chi connectivity index (χ0n) is 18.8. The summed E-state index contributed by atoms with van der Waals surface area (Å²) in [7, 11) is 0. The summed E-state index contributed by atoms with van der Waals surface area (Å²) < 4.78 is 9.75. The lowest BCUT2D eigenvalue weighted by atomic mass is 10.0. The summed E-state index contributed by atoms with van der Waals surface area (Å²) in [4.78, 5) is 38.5. The van der Waals surface area contributed by atoms with Crippen LogP contribution < -0.4 is 10.1 Å². The highest BCUT2D eigenvalue weighted by molar-refractivity contribution is 5.95. The first-order valence-corrected chi connectivity index (χ1v) is 11.0. The highest BCUT2D eigenvalue weighted by atomic mass is 16.7. The summed E-state index contributed by atoms with van der Waals surface area (Å²) in [6, 6.07) is 14.1. The number of benzene rings is 2. The molecule has 7 heteroatoms. The lowest BCUT2D eigenvalue weighted by molar-refractivity contribution is 0.0698. The largest absolute Gasteiger partial charge is 0.513 e. The topological polar surface area (TPSA) is 84.9 Å². The summed E-state index contributed by atoms with van der Waals surface area (Å²) in [5.74, 6) is 0.585. The monoisotopic (exact) mass is 438 g/mol. The van der Waals surface area contributed by atoms with Gasteiger partial charge < -0.3 is 19.7 Å². The maximum absolute atomic E-state index is 12.8. The van der Waals surface area contributed by atoms with E-state index in [1.165, 1.54) is 5.56 Å². The smallest absolute Gasteiger partial charge is 0.434 e. The van der Waals surface area contributed by atoms with Crippen molar-refractivity contribution in [3.8, 4) is 5.75 Å². The van der Waals surface area contributed by atoms with Crippen LogP contribution in [0.5, 0.6) is 5.75 Å². The Labute approximate surface area is 188 Å².